The molecule has 3 rings (SSSR count). The number of rotatable bonds is 6. The Kier molecular flexibility index (Phi) is 5.92. The molecule has 0 fully saturated rings. The second-order valence-corrected chi connectivity index (χ2v) is 6.85. The van der Waals surface area contributed by atoms with Crippen molar-refractivity contribution in [2.45, 2.75) is 19.4 Å². The van der Waals surface area contributed by atoms with Gasteiger partial charge in [-0.25, -0.2) is 0 Å². The summed E-state index contributed by atoms with van der Waals surface area (Å²) in [5.41, 5.74) is 2.51. The highest BCUT2D eigenvalue weighted by Crippen LogP contribution is 2.26. The Bertz CT molecular complexity index is 875. The number of aromatic nitrogens is 1. The molecule has 132 valence electrons. The lowest BCUT2D eigenvalue weighted by molar-refractivity contribution is -0.125. The van der Waals surface area contributed by atoms with Crippen LogP contribution in [0.2, 0.25) is 10.0 Å². The van der Waals surface area contributed by atoms with Crippen molar-refractivity contribution < 1.29 is 9.53 Å². The molecule has 0 aliphatic heterocycles. The number of ketones is 1. The minimum atomic E-state index is -0.743. The molecule has 26 heavy (non-hydrogen) atoms. The lowest BCUT2D eigenvalue weighted by Gasteiger charge is -2.19. The summed E-state index contributed by atoms with van der Waals surface area (Å²) in [6, 6.07) is 18.1. The first kappa shape index (κ1) is 18.4. The number of carbonyl (C=O) groups excluding carboxylic acids is 1. The number of hydrogen-bond donors (Lipinski definition) is 0. The number of nitrogens with zero attached hydrogens (tertiary/aromatic N) is 1. The van der Waals surface area contributed by atoms with Crippen molar-refractivity contribution >= 4 is 29.0 Å². The van der Waals surface area contributed by atoms with E-state index in [4.69, 9.17) is 27.9 Å². The predicted octanol–water partition coefficient (Wildman–Crippen LogP) is 5.63. The van der Waals surface area contributed by atoms with Gasteiger partial charge >= 0.3 is 0 Å². The van der Waals surface area contributed by atoms with Crippen LogP contribution >= 0.6 is 23.2 Å². The number of ether oxygens (including phenoxy) is 1. The predicted molar refractivity (Wildman–Crippen MR) is 104 cm³/mol. The third kappa shape index (κ3) is 4.84. The van der Waals surface area contributed by atoms with Crippen molar-refractivity contribution in [1.29, 1.82) is 0 Å². The fourth-order valence-electron chi connectivity index (χ4n) is 2.49. The smallest absolute Gasteiger partial charge is 0.183 e. The summed E-state index contributed by atoms with van der Waals surface area (Å²) in [4.78, 5) is 17.1. The molecular weight excluding hydrogens is 369 g/mol. The van der Waals surface area contributed by atoms with Gasteiger partial charge in [0.2, 0.25) is 0 Å². The molecule has 1 atom stereocenters. The van der Waals surface area contributed by atoms with Gasteiger partial charge in [0.15, 0.2) is 11.9 Å². The molecule has 1 aromatic heterocycles. The molecule has 3 nitrogen and oxygen atoms in total. The highest BCUT2D eigenvalue weighted by molar-refractivity contribution is 6.30. The third-order valence-electron chi connectivity index (χ3n) is 3.88. The van der Waals surface area contributed by atoms with E-state index in [-0.39, 0.29) is 12.2 Å². The van der Waals surface area contributed by atoms with Gasteiger partial charge in [-0.3, -0.25) is 9.78 Å². The van der Waals surface area contributed by atoms with E-state index in [1.165, 1.54) is 6.20 Å². The minimum absolute atomic E-state index is 0.0947. The highest BCUT2D eigenvalue weighted by Gasteiger charge is 2.23. The van der Waals surface area contributed by atoms with Crippen LogP contribution in [-0.2, 0) is 11.2 Å². The second-order valence-electron chi connectivity index (χ2n) is 5.97. The summed E-state index contributed by atoms with van der Waals surface area (Å²) in [5, 5.41) is 1.14. The molecule has 0 saturated heterocycles. The first-order chi connectivity index (χ1) is 12.5. The Hall–Kier alpha value is -2.36. The summed E-state index contributed by atoms with van der Waals surface area (Å²) in [7, 11) is 0. The molecule has 1 heterocycles. The maximum Gasteiger partial charge on any atom is 0.183 e. The van der Waals surface area contributed by atoms with Gasteiger partial charge in [-0.1, -0.05) is 53.0 Å². The standard InChI is InChI=1S/C21H17Cl2NO2/c1-14-2-10-19(11-3-14)26-21(15-4-6-16(22)7-5-15)20(25)12-18-9-8-17(23)13-24-18/h2-11,13,21H,12H2,1H3. The van der Waals surface area contributed by atoms with Crippen LogP contribution in [0.4, 0.5) is 0 Å². The van der Waals surface area contributed by atoms with Crippen LogP contribution in [0.5, 0.6) is 5.75 Å². The van der Waals surface area contributed by atoms with E-state index >= 15 is 0 Å². The first-order valence-corrected chi connectivity index (χ1v) is 8.89. The number of carbonyl (C=O) groups is 1. The van der Waals surface area contributed by atoms with Crippen LogP contribution in [0.25, 0.3) is 0 Å². The summed E-state index contributed by atoms with van der Waals surface area (Å²) in [6.07, 6.45) is 0.936. The van der Waals surface area contributed by atoms with Gasteiger partial charge in [0.25, 0.3) is 0 Å². The van der Waals surface area contributed by atoms with Crippen molar-refractivity contribution in [2.24, 2.45) is 0 Å². The quantitative estimate of drug-likeness (QED) is 0.551. The van der Waals surface area contributed by atoms with Crippen LogP contribution < -0.4 is 4.74 Å². The zero-order valence-electron chi connectivity index (χ0n) is 14.2. The second kappa shape index (κ2) is 8.35. The number of Topliss-reactive ketones (excluding diaryl/α,β-unsaturated/α-hetero) is 1. The van der Waals surface area contributed by atoms with Crippen LogP contribution in [-0.4, -0.2) is 10.8 Å². The zero-order chi connectivity index (χ0) is 18.5. The molecule has 2 aromatic carbocycles. The van der Waals surface area contributed by atoms with Crippen molar-refractivity contribution in [3.8, 4) is 5.75 Å². The largest absolute Gasteiger partial charge is 0.478 e. The Morgan fingerprint density at radius 2 is 1.62 bits per heavy atom. The van der Waals surface area contributed by atoms with E-state index in [9.17, 15) is 4.79 Å². The van der Waals surface area contributed by atoms with E-state index in [0.717, 1.165) is 11.1 Å². The molecule has 3 aromatic rings. The molecular formula is C21H17Cl2NO2. The Morgan fingerprint density at radius 1 is 0.962 bits per heavy atom. The summed E-state index contributed by atoms with van der Waals surface area (Å²) >= 11 is 11.8. The van der Waals surface area contributed by atoms with E-state index in [1.807, 2.05) is 31.2 Å². The van der Waals surface area contributed by atoms with Gasteiger partial charge in [0.05, 0.1) is 11.4 Å². The van der Waals surface area contributed by atoms with Crippen LogP contribution in [0.3, 0.4) is 0 Å². The Labute approximate surface area is 162 Å². The summed E-state index contributed by atoms with van der Waals surface area (Å²) in [5.74, 6) is 0.538. The van der Waals surface area contributed by atoms with Gasteiger partial charge in [0.1, 0.15) is 5.75 Å². The van der Waals surface area contributed by atoms with Gasteiger partial charge < -0.3 is 4.74 Å². The van der Waals surface area contributed by atoms with E-state index in [2.05, 4.69) is 4.98 Å². The van der Waals surface area contributed by atoms with Crippen molar-refractivity contribution in [3.05, 3.63) is 93.7 Å². The molecule has 1 unspecified atom stereocenters. The monoisotopic (exact) mass is 385 g/mol. The Balaban J connectivity index is 1.85. The molecule has 0 N–H and O–H groups in total. The van der Waals surface area contributed by atoms with E-state index < -0.39 is 6.10 Å². The normalized spacial score (nSPS) is 11.8. The lowest BCUT2D eigenvalue weighted by atomic mass is 10.0. The van der Waals surface area contributed by atoms with Crippen molar-refractivity contribution in [1.82, 2.24) is 4.98 Å². The van der Waals surface area contributed by atoms with Gasteiger partial charge in [-0.2, -0.15) is 0 Å². The van der Waals surface area contributed by atoms with Crippen molar-refractivity contribution in [2.75, 3.05) is 0 Å². The minimum Gasteiger partial charge on any atom is -0.478 e. The molecule has 0 bridgehead atoms. The highest BCUT2D eigenvalue weighted by atomic mass is 35.5. The van der Waals surface area contributed by atoms with Crippen LogP contribution in [0.15, 0.2) is 66.9 Å². The molecule has 0 amide bonds. The number of pyridine rings is 1. The lowest BCUT2D eigenvalue weighted by Crippen LogP contribution is -2.21. The summed E-state index contributed by atoms with van der Waals surface area (Å²) in [6.45, 7) is 2.00. The third-order valence-corrected chi connectivity index (χ3v) is 4.36. The number of hydrogen-bond acceptors (Lipinski definition) is 3. The van der Waals surface area contributed by atoms with Crippen LogP contribution in [0, 0.1) is 6.92 Å². The van der Waals surface area contributed by atoms with E-state index in [0.29, 0.717) is 21.5 Å². The average Bonchev–Trinajstić information content (AvgIpc) is 2.64. The fourth-order valence-corrected chi connectivity index (χ4v) is 2.73. The molecule has 5 heteroatoms. The zero-order valence-corrected chi connectivity index (χ0v) is 15.7. The van der Waals surface area contributed by atoms with Gasteiger partial charge in [0, 0.05) is 16.9 Å². The topological polar surface area (TPSA) is 39.2 Å². The maximum atomic E-state index is 12.9. The number of aryl methyl sites for hydroxylation is 1. The molecule has 0 radical (unpaired) electrons. The van der Waals surface area contributed by atoms with Crippen molar-refractivity contribution in [3.63, 3.8) is 0 Å². The first-order valence-electron chi connectivity index (χ1n) is 8.13. The molecule has 0 spiro atoms. The Morgan fingerprint density at radius 3 is 2.23 bits per heavy atom. The summed E-state index contributed by atoms with van der Waals surface area (Å²) < 4.78 is 6.01. The SMILES string of the molecule is Cc1ccc(OC(C(=O)Cc2ccc(Cl)cn2)c2ccc(Cl)cc2)cc1. The molecule has 0 aliphatic rings. The average molecular weight is 386 g/mol. The maximum absolute atomic E-state index is 12.9. The molecule has 0 aliphatic carbocycles. The fraction of sp³-hybridized carbons (Fsp3) is 0.143. The molecule has 0 saturated carbocycles. The van der Waals surface area contributed by atoms with Gasteiger partial charge in [-0.15, -0.1) is 0 Å². The number of halogens is 2. The number of benzene rings is 2. The van der Waals surface area contributed by atoms with Gasteiger partial charge in [-0.05, 0) is 48.9 Å². The van der Waals surface area contributed by atoms with E-state index in [1.54, 1.807) is 36.4 Å². The van der Waals surface area contributed by atoms with Crippen LogP contribution in [0.1, 0.15) is 22.9 Å².